The van der Waals surface area contributed by atoms with E-state index < -0.39 is 6.10 Å². The molecule has 0 aromatic heterocycles. The van der Waals surface area contributed by atoms with Crippen LogP contribution in [0.4, 0.5) is 0 Å². The van der Waals surface area contributed by atoms with E-state index in [0.29, 0.717) is 42.8 Å². The number of ether oxygens (including phenoxy) is 1. The molecule has 0 spiro atoms. The van der Waals surface area contributed by atoms with Crippen LogP contribution in [0.3, 0.4) is 0 Å². The van der Waals surface area contributed by atoms with Crippen molar-refractivity contribution in [3.8, 4) is 11.5 Å². The van der Waals surface area contributed by atoms with Crippen LogP contribution < -0.4 is 4.74 Å². The summed E-state index contributed by atoms with van der Waals surface area (Å²) in [5.74, 6) is 0.702. The summed E-state index contributed by atoms with van der Waals surface area (Å²) in [4.78, 5) is 13.6. The SMILES string of the molecule is COc1ccc2c(c1O)CN1CCC(=O)CC1C2O. The molecule has 0 bridgehead atoms. The van der Waals surface area contributed by atoms with Gasteiger partial charge in [0.05, 0.1) is 13.2 Å². The summed E-state index contributed by atoms with van der Waals surface area (Å²) >= 11 is 0. The molecule has 0 saturated carbocycles. The normalized spacial score (nSPS) is 26.7. The van der Waals surface area contributed by atoms with Crippen molar-refractivity contribution in [2.75, 3.05) is 13.7 Å². The molecular formula is C14H17NO4. The molecule has 2 aliphatic rings. The predicted molar refractivity (Wildman–Crippen MR) is 68.1 cm³/mol. The van der Waals surface area contributed by atoms with Crippen molar-refractivity contribution in [2.45, 2.75) is 31.5 Å². The van der Waals surface area contributed by atoms with Crippen LogP contribution in [0.1, 0.15) is 30.1 Å². The van der Waals surface area contributed by atoms with Crippen LogP contribution in [0.15, 0.2) is 12.1 Å². The molecule has 2 heterocycles. The molecular weight excluding hydrogens is 246 g/mol. The van der Waals surface area contributed by atoms with Crippen molar-refractivity contribution >= 4 is 5.78 Å². The summed E-state index contributed by atoms with van der Waals surface area (Å²) < 4.78 is 5.10. The maximum absolute atomic E-state index is 11.5. The first-order valence-electron chi connectivity index (χ1n) is 6.44. The van der Waals surface area contributed by atoms with Crippen LogP contribution >= 0.6 is 0 Å². The number of piperidine rings is 1. The van der Waals surface area contributed by atoms with E-state index in [9.17, 15) is 15.0 Å². The zero-order chi connectivity index (χ0) is 13.6. The van der Waals surface area contributed by atoms with E-state index >= 15 is 0 Å². The second-order valence-electron chi connectivity index (χ2n) is 5.16. The lowest BCUT2D eigenvalue weighted by atomic mass is 9.85. The Bertz CT molecular complexity index is 528. The highest BCUT2D eigenvalue weighted by molar-refractivity contribution is 5.80. The smallest absolute Gasteiger partial charge is 0.162 e. The van der Waals surface area contributed by atoms with Gasteiger partial charge in [-0.25, -0.2) is 0 Å². The number of carbonyl (C=O) groups is 1. The molecule has 5 heteroatoms. The first-order chi connectivity index (χ1) is 9.11. The lowest BCUT2D eigenvalue weighted by Gasteiger charge is -2.42. The minimum absolute atomic E-state index is 0.0920. The van der Waals surface area contributed by atoms with Crippen LogP contribution in [0.2, 0.25) is 0 Å². The van der Waals surface area contributed by atoms with Gasteiger partial charge in [0.1, 0.15) is 5.78 Å². The molecule has 102 valence electrons. The van der Waals surface area contributed by atoms with Gasteiger partial charge in [0.25, 0.3) is 0 Å². The molecule has 2 atom stereocenters. The Labute approximate surface area is 111 Å². The average molecular weight is 263 g/mol. The number of aliphatic hydroxyl groups is 1. The summed E-state index contributed by atoms with van der Waals surface area (Å²) in [6, 6.07) is 3.26. The number of aromatic hydroxyl groups is 1. The van der Waals surface area contributed by atoms with Crippen LogP contribution in [-0.4, -0.2) is 40.6 Å². The summed E-state index contributed by atoms with van der Waals surface area (Å²) in [5, 5.41) is 20.6. The van der Waals surface area contributed by atoms with E-state index in [4.69, 9.17) is 4.74 Å². The molecule has 3 rings (SSSR count). The summed E-state index contributed by atoms with van der Waals surface area (Å²) in [6.45, 7) is 1.18. The number of phenols is 1. The van der Waals surface area contributed by atoms with Crippen molar-refractivity contribution in [3.05, 3.63) is 23.3 Å². The molecule has 1 fully saturated rings. The van der Waals surface area contributed by atoms with Crippen LogP contribution in [0.5, 0.6) is 11.5 Å². The number of nitrogens with zero attached hydrogens (tertiary/aromatic N) is 1. The number of hydrogen-bond acceptors (Lipinski definition) is 5. The highest BCUT2D eigenvalue weighted by Gasteiger charge is 2.39. The molecule has 5 nitrogen and oxygen atoms in total. The second kappa shape index (κ2) is 4.51. The minimum Gasteiger partial charge on any atom is -0.504 e. The minimum atomic E-state index is -0.732. The fourth-order valence-corrected chi connectivity index (χ4v) is 3.05. The van der Waals surface area contributed by atoms with Crippen LogP contribution in [0.25, 0.3) is 0 Å². The van der Waals surface area contributed by atoms with Gasteiger partial charge in [-0.2, -0.15) is 0 Å². The van der Waals surface area contributed by atoms with Crippen LogP contribution in [-0.2, 0) is 11.3 Å². The van der Waals surface area contributed by atoms with E-state index in [1.54, 1.807) is 12.1 Å². The maximum Gasteiger partial charge on any atom is 0.162 e. The number of Topliss-reactive ketones (excluding diaryl/α,β-unsaturated/α-hetero) is 1. The molecule has 2 unspecified atom stereocenters. The average Bonchev–Trinajstić information content (AvgIpc) is 2.41. The van der Waals surface area contributed by atoms with Gasteiger partial charge in [-0.05, 0) is 11.6 Å². The highest BCUT2D eigenvalue weighted by atomic mass is 16.5. The largest absolute Gasteiger partial charge is 0.504 e. The molecule has 2 aliphatic heterocycles. The number of hydrogen-bond donors (Lipinski definition) is 2. The number of ketones is 1. The lowest BCUT2D eigenvalue weighted by Crippen LogP contribution is -2.48. The van der Waals surface area contributed by atoms with Crippen molar-refractivity contribution < 1.29 is 19.7 Å². The predicted octanol–water partition coefficient (Wildman–Crippen LogP) is 0.981. The quantitative estimate of drug-likeness (QED) is 0.790. The molecule has 0 radical (unpaired) electrons. The maximum atomic E-state index is 11.5. The summed E-state index contributed by atoms with van der Waals surface area (Å²) in [5.41, 5.74) is 1.41. The molecule has 0 aliphatic carbocycles. The first kappa shape index (κ1) is 12.4. The fraction of sp³-hybridized carbons (Fsp3) is 0.500. The molecule has 19 heavy (non-hydrogen) atoms. The van der Waals surface area contributed by atoms with Crippen molar-refractivity contribution in [3.63, 3.8) is 0 Å². The van der Waals surface area contributed by atoms with E-state index in [1.807, 2.05) is 0 Å². The molecule has 1 aromatic carbocycles. The zero-order valence-corrected chi connectivity index (χ0v) is 10.8. The number of phenolic OH excluding ortho intramolecular Hbond substituents is 1. The Hall–Kier alpha value is -1.59. The first-order valence-corrected chi connectivity index (χ1v) is 6.44. The fourth-order valence-electron chi connectivity index (χ4n) is 3.05. The number of methoxy groups -OCH3 is 1. The van der Waals surface area contributed by atoms with Crippen LogP contribution in [0, 0.1) is 0 Å². The van der Waals surface area contributed by atoms with Gasteiger partial charge in [-0.15, -0.1) is 0 Å². The van der Waals surface area contributed by atoms with Gasteiger partial charge >= 0.3 is 0 Å². The van der Waals surface area contributed by atoms with Gasteiger partial charge in [0, 0.05) is 37.5 Å². The Morgan fingerprint density at radius 2 is 2.21 bits per heavy atom. The number of rotatable bonds is 1. The van der Waals surface area contributed by atoms with E-state index in [0.717, 1.165) is 0 Å². The van der Waals surface area contributed by atoms with Gasteiger partial charge < -0.3 is 14.9 Å². The standard InChI is InChI=1S/C14H17NO4/c1-19-12-3-2-9-10(14(12)18)7-15-5-4-8(16)6-11(15)13(9)17/h2-3,11,13,17-18H,4-7H2,1H3. The molecule has 1 aromatic rings. The second-order valence-corrected chi connectivity index (χ2v) is 5.16. The third kappa shape index (κ3) is 1.89. The Morgan fingerprint density at radius 1 is 1.42 bits per heavy atom. The van der Waals surface area contributed by atoms with E-state index in [-0.39, 0.29) is 17.6 Å². The van der Waals surface area contributed by atoms with Crippen molar-refractivity contribution in [1.82, 2.24) is 4.90 Å². The Balaban J connectivity index is 2.03. The zero-order valence-electron chi connectivity index (χ0n) is 10.8. The third-order valence-electron chi connectivity index (χ3n) is 4.13. The monoisotopic (exact) mass is 263 g/mol. The van der Waals surface area contributed by atoms with Gasteiger partial charge in [-0.1, -0.05) is 6.07 Å². The number of aliphatic hydroxyl groups excluding tert-OH is 1. The summed E-state index contributed by atoms with van der Waals surface area (Å²) in [7, 11) is 1.50. The van der Waals surface area contributed by atoms with E-state index in [2.05, 4.69) is 4.90 Å². The topological polar surface area (TPSA) is 70.0 Å². The summed E-state index contributed by atoms with van der Waals surface area (Å²) in [6.07, 6.45) is 0.168. The van der Waals surface area contributed by atoms with Gasteiger partial charge in [0.15, 0.2) is 11.5 Å². The number of carbonyl (C=O) groups excluding carboxylic acids is 1. The lowest BCUT2D eigenvalue weighted by molar-refractivity contribution is -0.126. The third-order valence-corrected chi connectivity index (χ3v) is 4.13. The van der Waals surface area contributed by atoms with Gasteiger partial charge in [-0.3, -0.25) is 9.69 Å². The highest BCUT2D eigenvalue weighted by Crippen LogP contribution is 2.42. The van der Waals surface area contributed by atoms with Crippen molar-refractivity contribution in [1.29, 1.82) is 0 Å². The Morgan fingerprint density at radius 3 is 2.95 bits per heavy atom. The number of fused-ring (bicyclic) bond motifs is 2. The molecule has 0 amide bonds. The number of benzene rings is 1. The molecule has 2 N–H and O–H groups in total. The van der Waals surface area contributed by atoms with E-state index in [1.165, 1.54) is 7.11 Å². The Kier molecular flexibility index (Phi) is 2.95. The van der Waals surface area contributed by atoms with Gasteiger partial charge in [0.2, 0.25) is 0 Å². The van der Waals surface area contributed by atoms with Crippen molar-refractivity contribution in [2.24, 2.45) is 0 Å². The molecule has 1 saturated heterocycles.